The van der Waals surface area contributed by atoms with Crippen LogP contribution >= 0.6 is 0 Å². The Balaban J connectivity index is 2.41. The number of aliphatic hydroxyl groups is 1. The smallest absolute Gasteiger partial charge is 0.327 e. The Hall–Kier alpha value is -1.14. The van der Waals surface area contributed by atoms with E-state index in [1.165, 1.54) is 6.92 Å². The van der Waals surface area contributed by atoms with E-state index in [0.29, 0.717) is 12.5 Å². The largest absolute Gasteiger partial charge is 0.480 e. The van der Waals surface area contributed by atoms with E-state index in [0.717, 1.165) is 25.9 Å². The molecule has 0 saturated carbocycles. The van der Waals surface area contributed by atoms with Gasteiger partial charge in [-0.1, -0.05) is 0 Å². The SMILES string of the molecule is CC(=O)NC(CN1CCC(CCO)C1)C(=O)O. The third-order valence-corrected chi connectivity index (χ3v) is 3.02. The Morgan fingerprint density at radius 2 is 2.24 bits per heavy atom. The Bertz CT molecular complexity index is 283. The highest BCUT2D eigenvalue weighted by molar-refractivity contribution is 5.82. The van der Waals surface area contributed by atoms with Crippen LogP contribution in [0.15, 0.2) is 0 Å². The predicted molar refractivity (Wildman–Crippen MR) is 61.5 cm³/mol. The van der Waals surface area contributed by atoms with Gasteiger partial charge >= 0.3 is 5.97 Å². The Labute approximate surface area is 101 Å². The lowest BCUT2D eigenvalue weighted by atomic mass is 10.1. The third kappa shape index (κ3) is 4.70. The number of carboxylic acids is 1. The Morgan fingerprint density at radius 1 is 1.53 bits per heavy atom. The number of hydrogen-bond acceptors (Lipinski definition) is 4. The highest BCUT2D eigenvalue weighted by atomic mass is 16.4. The topological polar surface area (TPSA) is 89.9 Å². The number of aliphatic hydroxyl groups excluding tert-OH is 1. The maximum absolute atomic E-state index is 10.9. The van der Waals surface area contributed by atoms with Crippen molar-refractivity contribution in [1.29, 1.82) is 0 Å². The normalized spacial score (nSPS) is 22.4. The zero-order valence-corrected chi connectivity index (χ0v) is 10.1. The molecule has 1 saturated heterocycles. The molecule has 1 aliphatic heterocycles. The van der Waals surface area contributed by atoms with Crippen molar-refractivity contribution in [3.8, 4) is 0 Å². The summed E-state index contributed by atoms with van der Waals surface area (Å²) in [5, 5.41) is 20.2. The molecule has 0 aliphatic carbocycles. The molecule has 1 rings (SSSR count). The number of aliphatic carboxylic acids is 1. The Morgan fingerprint density at radius 3 is 2.76 bits per heavy atom. The lowest BCUT2D eigenvalue weighted by Crippen LogP contribution is -2.47. The highest BCUT2D eigenvalue weighted by Gasteiger charge is 2.27. The van der Waals surface area contributed by atoms with Gasteiger partial charge in [-0.15, -0.1) is 0 Å². The molecule has 6 nitrogen and oxygen atoms in total. The van der Waals surface area contributed by atoms with Crippen molar-refractivity contribution < 1.29 is 19.8 Å². The number of carbonyl (C=O) groups is 2. The molecule has 2 atom stereocenters. The van der Waals surface area contributed by atoms with Crippen molar-refractivity contribution in [2.24, 2.45) is 5.92 Å². The first-order valence-electron chi connectivity index (χ1n) is 5.86. The van der Waals surface area contributed by atoms with Crippen LogP contribution in [0.2, 0.25) is 0 Å². The van der Waals surface area contributed by atoms with Crippen LogP contribution in [0.25, 0.3) is 0 Å². The summed E-state index contributed by atoms with van der Waals surface area (Å²) in [4.78, 5) is 23.8. The number of carboxylic acid groups (broad SMARTS) is 1. The number of nitrogens with one attached hydrogen (secondary N) is 1. The summed E-state index contributed by atoms with van der Waals surface area (Å²) in [6.07, 6.45) is 1.74. The van der Waals surface area contributed by atoms with Crippen molar-refractivity contribution in [2.45, 2.75) is 25.8 Å². The first-order chi connectivity index (χ1) is 8.02. The van der Waals surface area contributed by atoms with Gasteiger partial charge in [-0.25, -0.2) is 4.79 Å². The predicted octanol–water partition coefficient (Wildman–Crippen LogP) is -0.720. The van der Waals surface area contributed by atoms with Crippen molar-refractivity contribution in [2.75, 3.05) is 26.2 Å². The highest BCUT2D eigenvalue weighted by Crippen LogP contribution is 2.19. The standard InChI is InChI=1S/C11H20N2O4/c1-8(15)12-10(11(16)17)7-13-4-2-9(6-13)3-5-14/h9-10,14H,2-7H2,1H3,(H,12,15)(H,16,17). The van der Waals surface area contributed by atoms with Crippen molar-refractivity contribution >= 4 is 11.9 Å². The molecule has 0 bridgehead atoms. The summed E-state index contributed by atoms with van der Waals surface area (Å²) in [6.45, 7) is 3.44. The van der Waals surface area contributed by atoms with Gasteiger partial charge in [-0.2, -0.15) is 0 Å². The summed E-state index contributed by atoms with van der Waals surface area (Å²) in [5.74, 6) is -0.902. The van der Waals surface area contributed by atoms with E-state index in [1.54, 1.807) is 0 Å². The second-order valence-electron chi connectivity index (χ2n) is 4.52. The minimum Gasteiger partial charge on any atom is -0.480 e. The Kier molecular flexibility index (Phi) is 5.37. The average molecular weight is 244 g/mol. The molecule has 0 radical (unpaired) electrons. The summed E-state index contributed by atoms with van der Waals surface area (Å²) < 4.78 is 0. The molecule has 1 heterocycles. The van der Waals surface area contributed by atoms with Gasteiger partial charge < -0.3 is 20.4 Å². The van der Waals surface area contributed by atoms with E-state index in [1.807, 2.05) is 4.90 Å². The van der Waals surface area contributed by atoms with Gasteiger partial charge in [-0.3, -0.25) is 4.79 Å². The molecule has 1 amide bonds. The zero-order valence-electron chi connectivity index (χ0n) is 10.1. The molecular formula is C11H20N2O4. The van der Waals surface area contributed by atoms with Crippen molar-refractivity contribution in [1.82, 2.24) is 10.2 Å². The molecule has 17 heavy (non-hydrogen) atoms. The molecule has 6 heteroatoms. The molecule has 0 aromatic rings. The van der Waals surface area contributed by atoms with Gasteiger partial charge in [-0.05, 0) is 25.3 Å². The molecule has 1 aliphatic rings. The van der Waals surface area contributed by atoms with Crippen LogP contribution in [-0.4, -0.2) is 59.3 Å². The fraction of sp³-hybridized carbons (Fsp3) is 0.818. The second-order valence-corrected chi connectivity index (χ2v) is 4.52. The lowest BCUT2D eigenvalue weighted by molar-refractivity contribution is -0.142. The number of nitrogens with zero attached hydrogens (tertiary/aromatic N) is 1. The summed E-state index contributed by atoms with van der Waals surface area (Å²) in [5.41, 5.74) is 0. The third-order valence-electron chi connectivity index (χ3n) is 3.02. The van der Waals surface area contributed by atoms with Gasteiger partial charge in [0.25, 0.3) is 0 Å². The lowest BCUT2D eigenvalue weighted by Gasteiger charge is -2.21. The van der Waals surface area contributed by atoms with Crippen molar-refractivity contribution in [3.05, 3.63) is 0 Å². The quantitative estimate of drug-likeness (QED) is 0.573. The average Bonchev–Trinajstić information content (AvgIpc) is 2.64. The molecule has 1 fully saturated rings. The minimum atomic E-state index is -1.01. The monoisotopic (exact) mass is 244 g/mol. The summed E-state index contributed by atoms with van der Waals surface area (Å²) in [7, 11) is 0. The maximum Gasteiger partial charge on any atom is 0.327 e. The molecule has 98 valence electrons. The van der Waals surface area contributed by atoms with E-state index in [-0.39, 0.29) is 12.5 Å². The first-order valence-corrected chi connectivity index (χ1v) is 5.86. The van der Waals surface area contributed by atoms with E-state index < -0.39 is 12.0 Å². The zero-order chi connectivity index (χ0) is 12.8. The molecule has 3 N–H and O–H groups in total. The van der Waals surface area contributed by atoms with Gasteiger partial charge in [0.1, 0.15) is 6.04 Å². The number of rotatable bonds is 6. The van der Waals surface area contributed by atoms with Crippen LogP contribution in [0.1, 0.15) is 19.8 Å². The first kappa shape index (κ1) is 13.9. The van der Waals surface area contributed by atoms with Crippen LogP contribution < -0.4 is 5.32 Å². The number of likely N-dealkylation sites (tertiary alicyclic amines) is 1. The van der Waals surface area contributed by atoms with Gasteiger partial charge in [0, 0.05) is 26.6 Å². The van der Waals surface area contributed by atoms with Crippen LogP contribution in [0.3, 0.4) is 0 Å². The van der Waals surface area contributed by atoms with E-state index >= 15 is 0 Å². The molecule has 2 unspecified atom stereocenters. The van der Waals surface area contributed by atoms with E-state index in [2.05, 4.69) is 5.32 Å². The van der Waals surface area contributed by atoms with Crippen LogP contribution in [0, 0.1) is 5.92 Å². The molecular weight excluding hydrogens is 224 g/mol. The van der Waals surface area contributed by atoms with E-state index in [9.17, 15) is 9.59 Å². The molecule has 0 aromatic heterocycles. The fourth-order valence-corrected chi connectivity index (χ4v) is 2.19. The van der Waals surface area contributed by atoms with Crippen LogP contribution in [0.4, 0.5) is 0 Å². The van der Waals surface area contributed by atoms with Gasteiger partial charge in [0.05, 0.1) is 0 Å². The van der Waals surface area contributed by atoms with Gasteiger partial charge in [0.15, 0.2) is 0 Å². The molecule has 0 spiro atoms. The van der Waals surface area contributed by atoms with Crippen LogP contribution in [-0.2, 0) is 9.59 Å². The minimum absolute atomic E-state index is 0.173. The van der Waals surface area contributed by atoms with E-state index in [4.69, 9.17) is 10.2 Å². The number of amides is 1. The van der Waals surface area contributed by atoms with Crippen molar-refractivity contribution in [3.63, 3.8) is 0 Å². The summed E-state index contributed by atoms with van der Waals surface area (Å²) >= 11 is 0. The van der Waals surface area contributed by atoms with Gasteiger partial charge in [0.2, 0.25) is 5.91 Å². The van der Waals surface area contributed by atoms with Crippen LogP contribution in [0.5, 0.6) is 0 Å². The maximum atomic E-state index is 10.9. The molecule has 0 aromatic carbocycles. The second kappa shape index (κ2) is 6.56. The fourth-order valence-electron chi connectivity index (χ4n) is 2.19. The summed E-state index contributed by atoms with van der Waals surface area (Å²) in [6, 6.07) is -0.847. The number of hydrogen-bond donors (Lipinski definition) is 3. The number of carbonyl (C=O) groups excluding carboxylic acids is 1.